The highest BCUT2D eigenvalue weighted by Crippen LogP contribution is 2.27. The second kappa shape index (κ2) is 6.78. The minimum absolute atomic E-state index is 0.0205. The quantitative estimate of drug-likeness (QED) is 0.812. The molecule has 0 radical (unpaired) electrons. The fourth-order valence-electron chi connectivity index (χ4n) is 1.75. The maximum absolute atomic E-state index is 13.3. The van der Waals surface area contributed by atoms with Gasteiger partial charge in [-0.25, -0.2) is 4.39 Å². The van der Waals surface area contributed by atoms with Crippen molar-refractivity contribution in [1.82, 2.24) is 0 Å². The molecule has 0 heterocycles. The smallest absolute Gasteiger partial charge is 0.243 e. The highest BCUT2D eigenvalue weighted by atomic mass is 35.5. The van der Waals surface area contributed by atoms with Gasteiger partial charge in [0.2, 0.25) is 5.91 Å². The van der Waals surface area contributed by atoms with Crippen LogP contribution in [0.3, 0.4) is 0 Å². The summed E-state index contributed by atoms with van der Waals surface area (Å²) >= 11 is 11.4. The highest BCUT2D eigenvalue weighted by Gasteiger charge is 2.09. The first kappa shape index (κ1) is 15.6. The van der Waals surface area contributed by atoms with Crippen LogP contribution in [0.5, 0.6) is 0 Å². The monoisotopic (exact) mass is 326 g/mol. The van der Waals surface area contributed by atoms with Gasteiger partial charge in [-0.15, -0.1) is 0 Å². The van der Waals surface area contributed by atoms with Gasteiger partial charge in [0.1, 0.15) is 0 Å². The zero-order valence-corrected chi connectivity index (χ0v) is 12.7. The summed E-state index contributed by atoms with van der Waals surface area (Å²) in [4.78, 5) is 11.9. The Bertz CT molecular complexity index is 653. The van der Waals surface area contributed by atoms with E-state index in [9.17, 15) is 9.18 Å². The summed E-state index contributed by atoms with van der Waals surface area (Å²) < 4.78 is 13.3. The van der Waals surface area contributed by atoms with Gasteiger partial charge >= 0.3 is 0 Å². The van der Waals surface area contributed by atoms with Gasteiger partial charge in [-0.3, -0.25) is 4.79 Å². The Morgan fingerprint density at radius 1 is 1.19 bits per heavy atom. The second-order valence-corrected chi connectivity index (χ2v) is 5.28. The van der Waals surface area contributed by atoms with E-state index in [2.05, 4.69) is 10.6 Å². The van der Waals surface area contributed by atoms with E-state index in [4.69, 9.17) is 23.2 Å². The van der Waals surface area contributed by atoms with Gasteiger partial charge in [0.25, 0.3) is 0 Å². The van der Waals surface area contributed by atoms with Gasteiger partial charge in [-0.1, -0.05) is 41.4 Å². The molecule has 2 aromatic carbocycles. The van der Waals surface area contributed by atoms with Crippen molar-refractivity contribution in [2.75, 3.05) is 17.2 Å². The first-order chi connectivity index (χ1) is 9.97. The van der Waals surface area contributed by atoms with E-state index in [0.717, 1.165) is 11.3 Å². The molecule has 3 nitrogen and oxygen atoms in total. The van der Waals surface area contributed by atoms with Crippen molar-refractivity contribution in [2.24, 2.45) is 0 Å². The number of amides is 1. The van der Waals surface area contributed by atoms with Crippen molar-refractivity contribution in [3.63, 3.8) is 0 Å². The fourth-order valence-corrected chi connectivity index (χ4v) is 2.23. The molecular weight excluding hydrogens is 314 g/mol. The van der Waals surface area contributed by atoms with E-state index in [1.165, 1.54) is 12.1 Å². The van der Waals surface area contributed by atoms with Gasteiger partial charge in [0, 0.05) is 11.4 Å². The van der Waals surface area contributed by atoms with E-state index >= 15 is 0 Å². The van der Waals surface area contributed by atoms with Crippen molar-refractivity contribution >= 4 is 40.5 Å². The van der Waals surface area contributed by atoms with Crippen molar-refractivity contribution in [3.05, 3.63) is 57.8 Å². The van der Waals surface area contributed by atoms with Crippen molar-refractivity contribution in [1.29, 1.82) is 0 Å². The molecule has 6 heteroatoms. The average molecular weight is 327 g/mol. The molecule has 21 heavy (non-hydrogen) atoms. The van der Waals surface area contributed by atoms with E-state index in [-0.39, 0.29) is 22.5 Å². The van der Waals surface area contributed by atoms with Gasteiger partial charge in [-0.2, -0.15) is 0 Å². The first-order valence-corrected chi connectivity index (χ1v) is 6.97. The molecular formula is C15H13Cl2FN2O. The third kappa shape index (κ3) is 4.09. The third-order valence-corrected chi connectivity index (χ3v) is 3.41. The predicted molar refractivity (Wildman–Crippen MR) is 84.7 cm³/mol. The Labute approximate surface area is 132 Å². The molecule has 0 aromatic heterocycles. The number of para-hydroxylation sites is 1. The number of nitrogens with one attached hydrogen (secondary N) is 2. The number of halogens is 3. The molecule has 2 rings (SSSR count). The van der Waals surface area contributed by atoms with Gasteiger partial charge in [0.15, 0.2) is 5.82 Å². The molecule has 0 bridgehead atoms. The van der Waals surface area contributed by atoms with Crippen molar-refractivity contribution < 1.29 is 9.18 Å². The van der Waals surface area contributed by atoms with Crippen molar-refractivity contribution in [3.8, 4) is 0 Å². The van der Waals surface area contributed by atoms with Crippen LogP contribution in [0.2, 0.25) is 10.0 Å². The summed E-state index contributed by atoms with van der Waals surface area (Å²) in [5.74, 6) is -0.894. The Morgan fingerprint density at radius 2 is 1.81 bits per heavy atom. The number of benzene rings is 2. The molecule has 110 valence electrons. The van der Waals surface area contributed by atoms with Crippen LogP contribution in [0.15, 0.2) is 36.4 Å². The molecule has 0 spiro atoms. The highest BCUT2D eigenvalue weighted by molar-refractivity contribution is 6.35. The molecule has 0 fully saturated rings. The molecule has 0 aliphatic carbocycles. The van der Waals surface area contributed by atoms with Crippen LogP contribution < -0.4 is 10.6 Å². The molecule has 0 unspecified atom stereocenters. The summed E-state index contributed by atoms with van der Waals surface area (Å²) in [6.07, 6.45) is 0. The lowest BCUT2D eigenvalue weighted by molar-refractivity contribution is -0.114. The molecule has 2 N–H and O–H groups in total. The zero-order valence-electron chi connectivity index (χ0n) is 11.2. The molecule has 0 saturated heterocycles. The summed E-state index contributed by atoms with van der Waals surface area (Å²) in [6, 6.07) is 10.2. The van der Waals surface area contributed by atoms with Crippen LogP contribution in [-0.2, 0) is 4.79 Å². The van der Waals surface area contributed by atoms with Crippen LogP contribution in [0, 0.1) is 12.7 Å². The number of rotatable bonds is 4. The Kier molecular flexibility index (Phi) is 5.04. The standard InChI is InChI=1S/C15H13Cl2FN2O/c1-9-4-2-3-5-13(9)20-14(21)8-19-10-6-11(16)15(18)12(17)7-10/h2-7,19H,8H2,1H3,(H,20,21). The number of carbonyl (C=O) groups is 1. The minimum atomic E-state index is -0.673. The normalized spacial score (nSPS) is 10.3. The molecule has 1 amide bonds. The number of hydrogen-bond acceptors (Lipinski definition) is 2. The largest absolute Gasteiger partial charge is 0.376 e. The van der Waals surface area contributed by atoms with Crippen LogP contribution >= 0.6 is 23.2 Å². The Balaban J connectivity index is 1.97. The summed E-state index contributed by atoms with van der Waals surface area (Å²) in [6.45, 7) is 1.93. The third-order valence-electron chi connectivity index (χ3n) is 2.86. The summed E-state index contributed by atoms with van der Waals surface area (Å²) in [7, 11) is 0. The minimum Gasteiger partial charge on any atom is -0.376 e. The van der Waals surface area contributed by atoms with E-state index < -0.39 is 5.82 Å². The van der Waals surface area contributed by atoms with Crippen LogP contribution in [-0.4, -0.2) is 12.5 Å². The lowest BCUT2D eigenvalue weighted by Crippen LogP contribution is -2.22. The maximum Gasteiger partial charge on any atom is 0.243 e. The molecule has 0 aliphatic rings. The second-order valence-electron chi connectivity index (χ2n) is 4.47. The fraction of sp³-hybridized carbons (Fsp3) is 0.133. The topological polar surface area (TPSA) is 41.1 Å². The maximum atomic E-state index is 13.3. The van der Waals surface area contributed by atoms with Gasteiger partial charge in [-0.05, 0) is 30.7 Å². The Hall–Kier alpha value is -1.78. The van der Waals surface area contributed by atoms with E-state index in [0.29, 0.717) is 5.69 Å². The number of aryl methyl sites for hydroxylation is 1. The van der Waals surface area contributed by atoms with Crippen LogP contribution in [0.4, 0.5) is 15.8 Å². The van der Waals surface area contributed by atoms with Crippen LogP contribution in [0.25, 0.3) is 0 Å². The number of anilines is 2. The van der Waals surface area contributed by atoms with Crippen LogP contribution in [0.1, 0.15) is 5.56 Å². The van der Waals surface area contributed by atoms with E-state index in [1.807, 2.05) is 31.2 Å². The first-order valence-electron chi connectivity index (χ1n) is 6.21. The molecule has 0 saturated carbocycles. The molecule has 0 atom stereocenters. The lowest BCUT2D eigenvalue weighted by Gasteiger charge is -2.10. The number of carbonyl (C=O) groups excluding carboxylic acids is 1. The predicted octanol–water partition coefficient (Wildman–Crippen LogP) is 4.49. The van der Waals surface area contributed by atoms with E-state index in [1.54, 1.807) is 0 Å². The number of hydrogen-bond donors (Lipinski definition) is 2. The summed E-state index contributed by atoms with van der Waals surface area (Å²) in [5, 5.41) is 5.44. The van der Waals surface area contributed by atoms with Gasteiger partial charge < -0.3 is 10.6 Å². The zero-order chi connectivity index (χ0) is 15.4. The van der Waals surface area contributed by atoms with Gasteiger partial charge in [0.05, 0.1) is 16.6 Å². The average Bonchev–Trinajstić information content (AvgIpc) is 2.45. The van der Waals surface area contributed by atoms with Crippen molar-refractivity contribution in [2.45, 2.75) is 6.92 Å². The molecule has 0 aliphatic heterocycles. The molecule has 2 aromatic rings. The SMILES string of the molecule is Cc1ccccc1NC(=O)CNc1cc(Cl)c(F)c(Cl)c1. The Morgan fingerprint density at radius 3 is 2.43 bits per heavy atom. The lowest BCUT2D eigenvalue weighted by atomic mass is 10.2. The summed E-state index contributed by atoms with van der Waals surface area (Å²) in [5.41, 5.74) is 2.20.